The van der Waals surface area contributed by atoms with E-state index in [-0.39, 0.29) is 10.6 Å². The Morgan fingerprint density at radius 3 is 2.10 bits per heavy atom. The molecule has 0 aromatic heterocycles. The highest BCUT2D eigenvalue weighted by molar-refractivity contribution is 7.89. The van der Waals surface area contributed by atoms with Gasteiger partial charge in [0, 0.05) is 6.07 Å². The number of rotatable bonds is 6. The van der Waals surface area contributed by atoms with Gasteiger partial charge in [0.1, 0.15) is 16.4 Å². The lowest BCUT2D eigenvalue weighted by atomic mass is 9.87. The number of aliphatic hydroxyl groups is 1. The molecule has 0 unspecified atom stereocenters. The molecule has 6 nitrogen and oxygen atoms in total. The van der Waals surface area contributed by atoms with Crippen LogP contribution in [0.3, 0.4) is 0 Å². The first-order chi connectivity index (χ1) is 9.44. The molecule has 7 heteroatoms. The zero-order chi connectivity index (χ0) is 16.5. The average molecular weight is 317 g/mol. The van der Waals surface area contributed by atoms with Crippen LogP contribution in [0.25, 0.3) is 0 Å². The van der Waals surface area contributed by atoms with Crippen molar-refractivity contribution >= 4 is 10.0 Å². The fraction of sp³-hybridized carbons (Fsp3) is 0.571. The molecule has 0 aliphatic carbocycles. The van der Waals surface area contributed by atoms with Crippen molar-refractivity contribution in [2.45, 2.75) is 43.7 Å². The summed E-state index contributed by atoms with van der Waals surface area (Å²) in [5.74, 6) is 0.604. The van der Waals surface area contributed by atoms with E-state index in [4.69, 9.17) is 9.47 Å². The van der Waals surface area contributed by atoms with Crippen LogP contribution < -0.4 is 14.2 Å². The van der Waals surface area contributed by atoms with Gasteiger partial charge in [-0.05, 0) is 39.8 Å². The summed E-state index contributed by atoms with van der Waals surface area (Å²) in [5.41, 5.74) is -2.31. The molecule has 0 spiro atoms. The van der Waals surface area contributed by atoms with Crippen molar-refractivity contribution in [3.8, 4) is 11.5 Å². The molecule has 0 atom stereocenters. The van der Waals surface area contributed by atoms with E-state index in [0.717, 1.165) is 0 Å². The van der Waals surface area contributed by atoms with Gasteiger partial charge in [0.2, 0.25) is 10.0 Å². The molecule has 1 rings (SSSR count). The second kappa shape index (κ2) is 5.82. The molecule has 0 saturated carbocycles. The van der Waals surface area contributed by atoms with Crippen LogP contribution in [0, 0.1) is 0 Å². The van der Waals surface area contributed by atoms with Crippen LogP contribution in [0.1, 0.15) is 27.7 Å². The number of methoxy groups -OCH3 is 2. The van der Waals surface area contributed by atoms with Crippen LogP contribution >= 0.6 is 0 Å². The molecule has 0 heterocycles. The minimum Gasteiger partial charge on any atom is -0.497 e. The third-order valence-electron chi connectivity index (χ3n) is 3.58. The quantitative estimate of drug-likeness (QED) is 0.831. The summed E-state index contributed by atoms with van der Waals surface area (Å²) >= 11 is 0. The summed E-state index contributed by atoms with van der Waals surface area (Å²) in [6, 6.07) is 4.51. The zero-order valence-corrected chi connectivity index (χ0v) is 14.0. The fourth-order valence-corrected chi connectivity index (χ4v) is 3.23. The maximum atomic E-state index is 12.6. The third kappa shape index (κ3) is 3.87. The average Bonchev–Trinajstić information content (AvgIpc) is 2.35. The smallest absolute Gasteiger partial charge is 0.244 e. The molecule has 1 aromatic carbocycles. The largest absolute Gasteiger partial charge is 0.497 e. The van der Waals surface area contributed by atoms with E-state index in [1.54, 1.807) is 33.8 Å². The Hall–Kier alpha value is -1.31. The Bertz CT molecular complexity index is 602. The Kier molecular flexibility index (Phi) is 4.92. The first-order valence-corrected chi connectivity index (χ1v) is 7.91. The van der Waals surface area contributed by atoms with Gasteiger partial charge in [-0.2, -0.15) is 0 Å². The van der Waals surface area contributed by atoms with Gasteiger partial charge in [0.25, 0.3) is 0 Å². The highest BCUT2D eigenvalue weighted by Crippen LogP contribution is 2.30. The fourth-order valence-electron chi connectivity index (χ4n) is 1.51. The van der Waals surface area contributed by atoms with E-state index in [1.807, 2.05) is 0 Å². The maximum absolute atomic E-state index is 12.6. The standard InChI is InChI=1S/C14H23NO5S/c1-13(2,14(3,4)16)15-21(17,18)12-9-10(19-5)7-8-11(12)20-6/h7-9,15-16H,1-6H3. The molecule has 0 amide bonds. The minimum atomic E-state index is -3.89. The van der Waals surface area contributed by atoms with Crippen LogP contribution in [0.5, 0.6) is 11.5 Å². The van der Waals surface area contributed by atoms with Gasteiger partial charge in [-0.3, -0.25) is 0 Å². The molecule has 21 heavy (non-hydrogen) atoms. The maximum Gasteiger partial charge on any atom is 0.244 e. The molecule has 0 bridgehead atoms. The zero-order valence-electron chi connectivity index (χ0n) is 13.2. The SMILES string of the molecule is COc1ccc(OC)c(S(=O)(=O)NC(C)(C)C(C)(C)O)c1. The lowest BCUT2D eigenvalue weighted by Crippen LogP contribution is -2.57. The first-order valence-electron chi connectivity index (χ1n) is 6.43. The van der Waals surface area contributed by atoms with E-state index in [2.05, 4.69) is 4.72 Å². The minimum absolute atomic E-state index is 0.0401. The van der Waals surface area contributed by atoms with Crippen LogP contribution in [0.15, 0.2) is 23.1 Å². The van der Waals surface area contributed by atoms with E-state index in [0.29, 0.717) is 5.75 Å². The lowest BCUT2D eigenvalue weighted by Gasteiger charge is -2.37. The summed E-state index contributed by atoms with van der Waals surface area (Å²) in [6.07, 6.45) is 0. The number of benzene rings is 1. The highest BCUT2D eigenvalue weighted by Gasteiger charge is 2.39. The van der Waals surface area contributed by atoms with E-state index < -0.39 is 21.2 Å². The predicted octanol–water partition coefficient (Wildman–Crippen LogP) is 1.53. The Morgan fingerprint density at radius 1 is 1.10 bits per heavy atom. The third-order valence-corrected chi connectivity index (χ3v) is 5.26. The Morgan fingerprint density at radius 2 is 1.67 bits per heavy atom. The van der Waals surface area contributed by atoms with E-state index in [9.17, 15) is 13.5 Å². The van der Waals surface area contributed by atoms with Crippen molar-refractivity contribution < 1.29 is 23.0 Å². The highest BCUT2D eigenvalue weighted by atomic mass is 32.2. The second-order valence-corrected chi connectivity index (χ2v) is 7.46. The number of ether oxygens (including phenoxy) is 2. The van der Waals surface area contributed by atoms with E-state index in [1.165, 1.54) is 26.4 Å². The van der Waals surface area contributed by atoms with Crippen molar-refractivity contribution in [1.82, 2.24) is 4.72 Å². The monoisotopic (exact) mass is 317 g/mol. The van der Waals surface area contributed by atoms with Gasteiger partial charge in [-0.15, -0.1) is 0 Å². The molecule has 120 valence electrons. The summed E-state index contributed by atoms with van der Waals surface area (Å²) < 4.78 is 37.8. The van der Waals surface area contributed by atoms with Crippen LogP contribution in [-0.4, -0.2) is 38.9 Å². The van der Waals surface area contributed by atoms with Crippen LogP contribution in [0.4, 0.5) is 0 Å². The van der Waals surface area contributed by atoms with Crippen molar-refractivity contribution in [3.05, 3.63) is 18.2 Å². The summed E-state index contributed by atoms with van der Waals surface area (Å²) in [6.45, 7) is 6.30. The van der Waals surface area contributed by atoms with Gasteiger partial charge in [-0.1, -0.05) is 0 Å². The number of hydrogen-bond donors (Lipinski definition) is 2. The molecular formula is C14H23NO5S. The van der Waals surface area contributed by atoms with Crippen LogP contribution in [-0.2, 0) is 10.0 Å². The van der Waals surface area contributed by atoms with Crippen molar-refractivity contribution in [3.63, 3.8) is 0 Å². The van der Waals surface area contributed by atoms with E-state index >= 15 is 0 Å². The molecule has 2 N–H and O–H groups in total. The van der Waals surface area contributed by atoms with Crippen molar-refractivity contribution in [2.24, 2.45) is 0 Å². The number of nitrogens with one attached hydrogen (secondary N) is 1. The van der Waals surface area contributed by atoms with Crippen molar-refractivity contribution in [1.29, 1.82) is 0 Å². The molecule has 0 saturated heterocycles. The summed E-state index contributed by atoms with van der Waals surface area (Å²) in [7, 11) is -1.05. The molecule has 0 radical (unpaired) electrons. The van der Waals surface area contributed by atoms with Gasteiger partial charge >= 0.3 is 0 Å². The Labute approximate surface area is 126 Å². The molecule has 0 aliphatic heterocycles. The molecule has 0 fully saturated rings. The van der Waals surface area contributed by atoms with Gasteiger partial charge < -0.3 is 14.6 Å². The Balaban J connectivity index is 3.31. The normalized spacial score (nSPS) is 13.1. The summed E-state index contributed by atoms with van der Waals surface area (Å²) in [4.78, 5) is -0.0401. The second-order valence-electron chi connectivity index (χ2n) is 5.81. The summed E-state index contributed by atoms with van der Waals surface area (Å²) in [5, 5.41) is 10.1. The number of hydrogen-bond acceptors (Lipinski definition) is 5. The number of sulfonamides is 1. The topological polar surface area (TPSA) is 84.9 Å². The predicted molar refractivity (Wildman–Crippen MR) is 80.2 cm³/mol. The molecule has 0 aliphatic rings. The van der Waals surface area contributed by atoms with Gasteiger partial charge in [0.05, 0.1) is 25.4 Å². The lowest BCUT2D eigenvalue weighted by molar-refractivity contribution is 0.00637. The first kappa shape index (κ1) is 17.7. The van der Waals surface area contributed by atoms with Crippen molar-refractivity contribution in [2.75, 3.05) is 14.2 Å². The molecule has 1 aromatic rings. The van der Waals surface area contributed by atoms with Gasteiger partial charge in [0.15, 0.2) is 0 Å². The van der Waals surface area contributed by atoms with Crippen LogP contribution in [0.2, 0.25) is 0 Å². The molecular weight excluding hydrogens is 294 g/mol. The van der Waals surface area contributed by atoms with Gasteiger partial charge in [-0.25, -0.2) is 13.1 Å².